The van der Waals surface area contributed by atoms with Crippen molar-refractivity contribution in [2.45, 2.75) is 64.1 Å². The van der Waals surface area contributed by atoms with Crippen molar-refractivity contribution < 1.29 is 14.6 Å². The van der Waals surface area contributed by atoms with Gasteiger partial charge in [0, 0.05) is 60.3 Å². The zero-order valence-corrected chi connectivity index (χ0v) is 20.1. The summed E-state index contributed by atoms with van der Waals surface area (Å²) in [5.41, 5.74) is 7.74. The second kappa shape index (κ2) is 9.06. The minimum Gasteiger partial charge on any atom is -0.507 e. The molecular weight excluding hydrogens is 432 g/mol. The van der Waals surface area contributed by atoms with E-state index in [1.165, 1.54) is 0 Å². The maximum atomic E-state index is 12.7. The summed E-state index contributed by atoms with van der Waals surface area (Å²) in [6.07, 6.45) is 5.03. The van der Waals surface area contributed by atoms with E-state index in [0.29, 0.717) is 42.9 Å². The third-order valence-electron chi connectivity index (χ3n) is 6.31. The Hall–Kier alpha value is -3.46. The van der Waals surface area contributed by atoms with Crippen LogP contribution in [0.2, 0.25) is 0 Å². The first-order valence-electron chi connectivity index (χ1n) is 11.5. The number of likely N-dealkylation sites (tertiary alicyclic amines) is 1. The second-order valence-electron chi connectivity index (χ2n) is 10.0. The third kappa shape index (κ3) is 4.75. The number of aromatic amines is 1. The number of phenols is 1. The van der Waals surface area contributed by atoms with E-state index >= 15 is 0 Å². The van der Waals surface area contributed by atoms with Crippen LogP contribution in [0.1, 0.15) is 47.0 Å². The number of hydrogen-bond donors (Lipinski definition) is 3. The lowest BCUT2D eigenvalue weighted by atomic mass is 9.77. The Labute approximate surface area is 199 Å². The van der Waals surface area contributed by atoms with Gasteiger partial charge in [-0.2, -0.15) is 5.10 Å². The summed E-state index contributed by atoms with van der Waals surface area (Å²) in [6.45, 7) is 8.57. The number of phenolic OH excluding ortho intramolecular Hbond substituents is 1. The molecule has 0 aliphatic carbocycles. The van der Waals surface area contributed by atoms with E-state index in [1.807, 2.05) is 11.0 Å². The number of piperidine rings is 1. The number of aromatic nitrogens is 4. The molecule has 0 saturated carbocycles. The first-order chi connectivity index (χ1) is 16.1. The predicted molar refractivity (Wildman–Crippen MR) is 129 cm³/mol. The smallest absolute Gasteiger partial charge is 0.233 e. The molecule has 0 atom stereocenters. The monoisotopic (exact) mass is 464 g/mol. The lowest BCUT2D eigenvalue weighted by Crippen LogP contribution is -2.64. The van der Waals surface area contributed by atoms with Gasteiger partial charge in [-0.3, -0.25) is 9.89 Å². The van der Waals surface area contributed by atoms with Crippen molar-refractivity contribution in [2.24, 2.45) is 5.73 Å². The molecule has 9 heteroatoms. The van der Waals surface area contributed by atoms with E-state index in [0.717, 1.165) is 11.1 Å². The molecule has 3 heterocycles. The third-order valence-corrected chi connectivity index (χ3v) is 6.31. The molecule has 3 aromatic rings. The number of H-pyrrole nitrogens is 1. The minimum atomic E-state index is -0.380. The number of ether oxygens (including phenoxy) is 1. The van der Waals surface area contributed by atoms with Crippen LogP contribution in [0.4, 0.5) is 0 Å². The van der Waals surface area contributed by atoms with Crippen molar-refractivity contribution in [2.75, 3.05) is 6.54 Å². The van der Waals surface area contributed by atoms with Gasteiger partial charge in [0.25, 0.3) is 0 Å². The SMILES string of the molecule is CC1(C)CC(Oc2ccc(-c3ccc(-c4cn[nH]c4)cc3O)nn2)CC(C)(C)N1C(=O)CCN. The number of amides is 1. The molecule has 180 valence electrons. The molecule has 2 aromatic heterocycles. The number of nitrogens with one attached hydrogen (secondary N) is 1. The molecule has 1 aliphatic rings. The summed E-state index contributed by atoms with van der Waals surface area (Å²) in [4.78, 5) is 14.7. The van der Waals surface area contributed by atoms with Crippen molar-refractivity contribution in [3.05, 3.63) is 42.7 Å². The largest absolute Gasteiger partial charge is 0.507 e. The fourth-order valence-electron chi connectivity index (χ4n) is 5.22. The highest BCUT2D eigenvalue weighted by Gasteiger charge is 2.48. The first kappa shape index (κ1) is 23.7. The van der Waals surface area contributed by atoms with Crippen LogP contribution in [0.15, 0.2) is 42.7 Å². The van der Waals surface area contributed by atoms with E-state index in [2.05, 4.69) is 48.1 Å². The van der Waals surface area contributed by atoms with Crippen molar-refractivity contribution >= 4 is 5.91 Å². The molecule has 0 bridgehead atoms. The average molecular weight is 465 g/mol. The number of benzene rings is 1. The normalized spacial score (nSPS) is 17.5. The summed E-state index contributed by atoms with van der Waals surface area (Å²) in [5.74, 6) is 0.593. The van der Waals surface area contributed by atoms with Crippen LogP contribution in [0.3, 0.4) is 0 Å². The van der Waals surface area contributed by atoms with Gasteiger partial charge in [-0.25, -0.2) is 0 Å². The van der Waals surface area contributed by atoms with E-state index in [9.17, 15) is 9.90 Å². The Bertz CT molecular complexity index is 1120. The van der Waals surface area contributed by atoms with E-state index < -0.39 is 0 Å². The van der Waals surface area contributed by atoms with Crippen molar-refractivity contribution in [1.82, 2.24) is 25.3 Å². The summed E-state index contributed by atoms with van der Waals surface area (Å²) < 4.78 is 6.19. The van der Waals surface area contributed by atoms with E-state index in [4.69, 9.17) is 10.5 Å². The Morgan fingerprint density at radius 1 is 1.15 bits per heavy atom. The Morgan fingerprint density at radius 2 is 1.88 bits per heavy atom. The molecule has 1 saturated heterocycles. The van der Waals surface area contributed by atoms with Gasteiger partial charge >= 0.3 is 0 Å². The summed E-state index contributed by atoms with van der Waals surface area (Å²) >= 11 is 0. The van der Waals surface area contributed by atoms with Crippen LogP contribution < -0.4 is 10.5 Å². The highest BCUT2D eigenvalue weighted by molar-refractivity contribution is 5.78. The van der Waals surface area contributed by atoms with Gasteiger partial charge in [-0.15, -0.1) is 10.2 Å². The number of nitrogens with two attached hydrogens (primary N) is 1. The van der Waals surface area contributed by atoms with Crippen LogP contribution >= 0.6 is 0 Å². The number of rotatable bonds is 6. The molecule has 0 spiro atoms. The summed E-state index contributed by atoms with van der Waals surface area (Å²) in [5, 5.41) is 25.8. The van der Waals surface area contributed by atoms with E-state index in [1.54, 1.807) is 36.7 Å². The van der Waals surface area contributed by atoms with Crippen LogP contribution in [-0.2, 0) is 4.79 Å². The average Bonchev–Trinajstić information content (AvgIpc) is 3.28. The lowest BCUT2D eigenvalue weighted by molar-refractivity contribution is -0.153. The lowest BCUT2D eigenvalue weighted by Gasteiger charge is -2.55. The molecule has 0 radical (unpaired) electrons. The zero-order valence-electron chi connectivity index (χ0n) is 20.1. The highest BCUT2D eigenvalue weighted by Crippen LogP contribution is 2.40. The van der Waals surface area contributed by atoms with Gasteiger partial charge in [0.1, 0.15) is 11.9 Å². The first-order valence-corrected chi connectivity index (χ1v) is 11.5. The standard InChI is InChI=1S/C25H32N6O3/c1-24(2)12-18(13-25(3,4)31(24)23(33)9-10-26)34-22-8-7-20(29-30-22)19-6-5-16(11-21(19)32)17-14-27-28-15-17/h5-8,11,14-15,18,32H,9-10,12-13,26H2,1-4H3,(H,27,28). The maximum absolute atomic E-state index is 12.7. The molecule has 0 unspecified atom stereocenters. The molecule has 1 fully saturated rings. The van der Waals surface area contributed by atoms with Gasteiger partial charge in [-0.1, -0.05) is 6.07 Å². The summed E-state index contributed by atoms with van der Waals surface area (Å²) in [7, 11) is 0. The number of carbonyl (C=O) groups is 1. The highest BCUT2D eigenvalue weighted by atomic mass is 16.5. The number of hydrogen-bond acceptors (Lipinski definition) is 7. The minimum absolute atomic E-state index is 0.0682. The fraction of sp³-hybridized carbons (Fsp3) is 0.440. The number of carbonyl (C=O) groups excluding carboxylic acids is 1. The van der Waals surface area contributed by atoms with Crippen LogP contribution in [0, 0.1) is 0 Å². The van der Waals surface area contributed by atoms with Crippen molar-refractivity contribution in [3.8, 4) is 34.0 Å². The van der Waals surface area contributed by atoms with Crippen LogP contribution in [0.25, 0.3) is 22.4 Å². The van der Waals surface area contributed by atoms with Crippen LogP contribution in [-0.4, -0.2) is 60.0 Å². The molecular formula is C25H32N6O3. The van der Waals surface area contributed by atoms with Gasteiger partial charge in [0.2, 0.25) is 11.8 Å². The fourth-order valence-corrected chi connectivity index (χ4v) is 5.22. The topological polar surface area (TPSA) is 130 Å². The van der Waals surface area contributed by atoms with Gasteiger partial charge < -0.3 is 20.5 Å². The Balaban J connectivity index is 1.48. The molecule has 4 rings (SSSR count). The predicted octanol–water partition coefficient (Wildman–Crippen LogP) is 3.52. The molecule has 9 nitrogen and oxygen atoms in total. The Kier molecular flexibility index (Phi) is 6.31. The number of aromatic hydroxyl groups is 1. The molecule has 1 aromatic carbocycles. The second-order valence-corrected chi connectivity index (χ2v) is 10.0. The van der Waals surface area contributed by atoms with Crippen LogP contribution in [0.5, 0.6) is 11.6 Å². The van der Waals surface area contributed by atoms with Gasteiger partial charge in [0.05, 0.1) is 11.9 Å². The zero-order chi connectivity index (χ0) is 24.5. The van der Waals surface area contributed by atoms with Gasteiger partial charge in [0.15, 0.2) is 0 Å². The maximum Gasteiger partial charge on any atom is 0.233 e. The van der Waals surface area contributed by atoms with Crippen molar-refractivity contribution in [3.63, 3.8) is 0 Å². The molecule has 34 heavy (non-hydrogen) atoms. The molecule has 1 aliphatic heterocycles. The Morgan fingerprint density at radius 3 is 2.44 bits per heavy atom. The number of nitrogens with zero attached hydrogens (tertiary/aromatic N) is 4. The quantitative estimate of drug-likeness (QED) is 0.509. The molecule has 4 N–H and O–H groups in total. The van der Waals surface area contributed by atoms with E-state index in [-0.39, 0.29) is 28.8 Å². The van der Waals surface area contributed by atoms with Crippen molar-refractivity contribution in [1.29, 1.82) is 0 Å². The summed E-state index contributed by atoms with van der Waals surface area (Å²) in [6, 6.07) is 8.93. The molecule has 1 amide bonds. The van der Waals surface area contributed by atoms with Gasteiger partial charge in [-0.05, 0) is 51.5 Å².